The number of anilines is 2. The molecule has 2 rings (SSSR count). The van der Waals surface area contributed by atoms with Gasteiger partial charge in [-0.05, 0) is 49.7 Å². The number of carbonyl (C=O) groups excluding carboxylic acids is 2. The van der Waals surface area contributed by atoms with Gasteiger partial charge in [-0.3, -0.25) is 4.79 Å². The summed E-state index contributed by atoms with van der Waals surface area (Å²) in [6.45, 7) is 6.34. The molecule has 144 valence electrons. The number of nitrogens with one attached hydrogen (secondary N) is 2. The van der Waals surface area contributed by atoms with Crippen molar-refractivity contribution in [2.24, 2.45) is 0 Å². The zero-order valence-corrected chi connectivity index (χ0v) is 16.4. The zero-order chi connectivity index (χ0) is 19.8. The van der Waals surface area contributed by atoms with Crippen LogP contribution in [-0.4, -0.2) is 25.1 Å². The van der Waals surface area contributed by atoms with Crippen LogP contribution < -0.4 is 15.4 Å². The molecule has 7 heteroatoms. The van der Waals surface area contributed by atoms with Gasteiger partial charge >= 0.3 is 5.97 Å². The molecule has 1 amide bonds. The van der Waals surface area contributed by atoms with E-state index < -0.39 is 5.97 Å². The second kappa shape index (κ2) is 9.83. The third kappa shape index (κ3) is 5.89. The first-order valence-electron chi connectivity index (χ1n) is 8.68. The van der Waals surface area contributed by atoms with E-state index in [4.69, 9.17) is 21.1 Å². The van der Waals surface area contributed by atoms with Crippen molar-refractivity contribution in [3.63, 3.8) is 0 Å². The summed E-state index contributed by atoms with van der Waals surface area (Å²) in [5.41, 5.74) is 2.42. The largest absolute Gasteiger partial charge is 0.494 e. The quantitative estimate of drug-likeness (QED) is 0.649. The Bertz CT molecular complexity index is 824. The Hall–Kier alpha value is -2.73. The molecule has 0 atom stereocenters. The lowest BCUT2D eigenvalue weighted by molar-refractivity contribution is -0.114. The molecule has 0 aromatic heterocycles. The topological polar surface area (TPSA) is 76.7 Å². The minimum atomic E-state index is -0.422. The first-order chi connectivity index (χ1) is 12.9. The van der Waals surface area contributed by atoms with Crippen molar-refractivity contribution in [3.8, 4) is 5.75 Å². The molecule has 0 bridgehead atoms. The smallest absolute Gasteiger partial charge is 0.338 e. The molecule has 27 heavy (non-hydrogen) atoms. The van der Waals surface area contributed by atoms with Crippen LogP contribution in [0.2, 0.25) is 5.02 Å². The predicted molar refractivity (Wildman–Crippen MR) is 107 cm³/mol. The molecule has 0 saturated carbocycles. The molecule has 0 aliphatic rings. The fourth-order valence-corrected chi connectivity index (χ4v) is 2.69. The molecule has 0 aliphatic heterocycles. The number of esters is 1. The molecule has 2 N–H and O–H groups in total. The van der Waals surface area contributed by atoms with Crippen LogP contribution in [0, 0.1) is 0 Å². The van der Waals surface area contributed by atoms with Gasteiger partial charge in [0, 0.05) is 18.5 Å². The van der Waals surface area contributed by atoms with E-state index in [-0.39, 0.29) is 12.5 Å². The van der Waals surface area contributed by atoms with Crippen molar-refractivity contribution >= 4 is 34.9 Å². The first kappa shape index (κ1) is 20.6. The zero-order valence-electron chi connectivity index (χ0n) is 15.6. The summed E-state index contributed by atoms with van der Waals surface area (Å²) in [5, 5.41) is 6.52. The number of ether oxygens (including phenoxy) is 2. The third-order valence-electron chi connectivity index (χ3n) is 3.65. The van der Waals surface area contributed by atoms with E-state index in [1.165, 1.54) is 6.92 Å². The molecule has 0 saturated heterocycles. The van der Waals surface area contributed by atoms with Gasteiger partial charge in [0.25, 0.3) is 0 Å². The van der Waals surface area contributed by atoms with Gasteiger partial charge < -0.3 is 20.1 Å². The highest BCUT2D eigenvalue weighted by atomic mass is 35.5. The summed E-state index contributed by atoms with van der Waals surface area (Å²) in [4.78, 5) is 23.4. The Labute approximate surface area is 163 Å². The van der Waals surface area contributed by atoms with Crippen molar-refractivity contribution < 1.29 is 19.1 Å². The maximum absolute atomic E-state index is 12.0. The molecule has 2 aromatic rings. The number of hydrogen-bond donors (Lipinski definition) is 2. The van der Waals surface area contributed by atoms with E-state index >= 15 is 0 Å². The van der Waals surface area contributed by atoms with Crippen LogP contribution in [0.4, 0.5) is 11.4 Å². The van der Waals surface area contributed by atoms with Gasteiger partial charge in [0.15, 0.2) is 0 Å². The van der Waals surface area contributed by atoms with E-state index in [1.807, 2.05) is 19.1 Å². The van der Waals surface area contributed by atoms with Crippen molar-refractivity contribution in [1.29, 1.82) is 0 Å². The Morgan fingerprint density at radius 3 is 2.44 bits per heavy atom. The first-order valence-corrected chi connectivity index (χ1v) is 9.06. The SMILES string of the molecule is CCOC(=O)c1ccc(NC(C)=O)c(NCc2ccc(OCC)cc2Cl)c1. The normalized spacial score (nSPS) is 10.2. The van der Waals surface area contributed by atoms with Gasteiger partial charge in [-0.1, -0.05) is 17.7 Å². The molecule has 0 heterocycles. The number of rotatable bonds is 8. The van der Waals surface area contributed by atoms with Crippen molar-refractivity contribution in [2.45, 2.75) is 27.3 Å². The lowest BCUT2D eigenvalue weighted by atomic mass is 10.1. The Morgan fingerprint density at radius 2 is 1.81 bits per heavy atom. The Kier molecular flexibility index (Phi) is 7.49. The molecular formula is C20H23ClN2O4. The summed E-state index contributed by atoms with van der Waals surface area (Å²) in [7, 11) is 0. The number of carbonyl (C=O) groups is 2. The van der Waals surface area contributed by atoms with Gasteiger partial charge in [0.05, 0.1) is 30.2 Å². The monoisotopic (exact) mass is 390 g/mol. The van der Waals surface area contributed by atoms with Crippen LogP contribution in [0.5, 0.6) is 5.75 Å². The van der Waals surface area contributed by atoms with Gasteiger partial charge in [0.1, 0.15) is 5.75 Å². The van der Waals surface area contributed by atoms with Crippen LogP contribution in [0.25, 0.3) is 0 Å². The van der Waals surface area contributed by atoms with E-state index in [9.17, 15) is 9.59 Å². The Morgan fingerprint density at radius 1 is 1.04 bits per heavy atom. The number of benzene rings is 2. The minimum absolute atomic E-state index is 0.207. The molecule has 0 fully saturated rings. The standard InChI is InChI=1S/C20H23ClN2O4/c1-4-26-16-8-6-15(17(21)11-16)12-22-19-10-14(20(25)27-5-2)7-9-18(19)23-13(3)24/h6-11,22H,4-5,12H2,1-3H3,(H,23,24). The number of halogens is 1. The lowest BCUT2D eigenvalue weighted by Gasteiger charge is -2.15. The van der Waals surface area contributed by atoms with Crippen LogP contribution in [-0.2, 0) is 16.1 Å². The maximum atomic E-state index is 12.0. The number of hydrogen-bond acceptors (Lipinski definition) is 5. The van der Waals surface area contributed by atoms with Crippen molar-refractivity contribution in [3.05, 3.63) is 52.5 Å². The van der Waals surface area contributed by atoms with E-state index in [2.05, 4.69) is 10.6 Å². The third-order valence-corrected chi connectivity index (χ3v) is 4.00. The molecule has 0 unspecified atom stereocenters. The molecule has 0 aliphatic carbocycles. The second-order valence-corrected chi connectivity index (χ2v) is 6.11. The highest BCUT2D eigenvalue weighted by Gasteiger charge is 2.12. The highest BCUT2D eigenvalue weighted by Crippen LogP contribution is 2.27. The highest BCUT2D eigenvalue weighted by molar-refractivity contribution is 6.31. The molecular weight excluding hydrogens is 368 g/mol. The average Bonchev–Trinajstić information content (AvgIpc) is 2.62. The van der Waals surface area contributed by atoms with E-state index in [0.717, 1.165) is 5.56 Å². The molecule has 0 spiro atoms. The second-order valence-electron chi connectivity index (χ2n) is 5.70. The molecule has 0 radical (unpaired) electrons. The number of amides is 1. The average molecular weight is 391 g/mol. The summed E-state index contributed by atoms with van der Waals surface area (Å²) in [5.74, 6) is 0.0737. The molecule has 6 nitrogen and oxygen atoms in total. The predicted octanol–water partition coefficient (Wildman–Crippen LogP) is 4.49. The van der Waals surface area contributed by atoms with Gasteiger partial charge in [-0.15, -0.1) is 0 Å². The van der Waals surface area contributed by atoms with Crippen LogP contribution in [0.3, 0.4) is 0 Å². The van der Waals surface area contributed by atoms with Gasteiger partial charge in [0.2, 0.25) is 5.91 Å². The Balaban J connectivity index is 2.23. The van der Waals surface area contributed by atoms with Crippen LogP contribution in [0.1, 0.15) is 36.7 Å². The fraction of sp³-hybridized carbons (Fsp3) is 0.300. The minimum Gasteiger partial charge on any atom is -0.494 e. The molecule has 2 aromatic carbocycles. The fourth-order valence-electron chi connectivity index (χ4n) is 2.45. The van der Waals surface area contributed by atoms with Crippen LogP contribution >= 0.6 is 11.6 Å². The van der Waals surface area contributed by atoms with Crippen molar-refractivity contribution in [1.82, 2.24) is 0 Å². The summed E-state index contributed by atoms with van der Waals surface area (Å²) >= 11 is 6.31. The van der Waals surface area contributed by atoms with Gasteiger partial charge in [-0.25, -0.2) is 4.79 Å². The van der Waals surface area contributed by atoms with Crippen molar-refractivity contribution in [2.75, 3.05) is 23.8 Å². The van der Waals surface area contributed by atoms with Crippen LogP contribution in [0.15, 0.2) is 36.4 Å². The summed E-state index contributed by atoms with van der Waals surface area (Å²) < 4.78 is 10.5. The van der Waals surface area contributed by atoms with Gasteiger partial charge in [-0.2, -0.15) is 0 Å². The summed E-state index contributed by atoms with van der Waals surface area (Å²) in [6.07, 6.45) is 0. The maximum Gasteiger partial charge on any atom is 0.338 e. The van der Waals surface area contributed by atoms with E-state index in [1.54, 1.807) is 31.2 Å². The van der Waals surface area contributed by atoms with E-state index in [0.29, 0.717) is 40.9 Å². The lowest BCUT2D eigenvalue weighted by Crippen LogP contribution is -2.11. The summed E-state index contributed by atoms with van der Waals surface area (Å²) in [6, 6.07) is 10.4.